The molecule has 9 nitrogen and oxygen atoms in total. The van der Waals surface area contributed by atoms with Crippen molar-refractivity contribution in [3.63, 3.8) is 0 Å². The van der Waals surface area contributed by atoms with Crippen LogP contribution in [0.2, 0.25) is 0 Å². The summed E-state index contributed by atoms with van der Waals surface area (Å²) in [7, 11) is 0. The summed E-state index contributed by atoms with van der Waals surface area (Å²) in [6, 6.07) is 0. The second-order valence-corrected chi connectivity index (χ2v) is 0.476. The summed E-state index contributed by atoms with van der Waals surface area (Å²) in [5.74, 6) is 0. The fourth-order valence-electron chi connectivity index (χ4n) is 0. The van der Waals surface area contributed by atoms with Gasteiger partial charge in [-0.05, 0) is 0 Å². The molecule has 0 bridgehead atoms. The summed E-state index contributed by atoms with van der Waals surface area (Å²) in [5.41, 5.74) is 0. The van der Waals surface area contributed by atoms with Gasteiger partial charge in [-0.1, -0.05) is 0 Å². The predicted molar refractivity (Wildman–Crippen MR) is 18.2 cm³/mol. The molecule has 0 heterocycles. The molecule has 0 saturated heterocycles. The molecular weight excluding hydrogens is 231 g/mol. The molecule has 0 rings (SSSR count). The van der Waals surface area contributed by atoms with Crippen molar-refractivity contribution >= 4 is 0 Å². The number of hydrogen-bond acceptors (Lipinski definition) is 5. The third-order valence-electron chi connectivity index (χ3n) is 0. The predicted octanol–water partition coefficient (Wildman–Crippen LogP) is -0.817. The average molecular weight is 233 g/mol. The third-order valence-corrected chi connectivity index (χ3v) is 0. The summed E-state index contributed by atoms with van der Waals surface area (Å²) in [6.45, 7) is 0. The molecule has 0 spiro atoms. The molecule has 10 heavy (non-hydrogen) atoms. The monoisotopic (exact) mass is 232 g/mol. The molecule has 10 heteroatoms. The summed E-state index contributed by atoms with van der Waals surface area (Å²) < 4.78 is 8.34. The first-order valence-corrected chi connectivity index (χ1v) is 2.34. The minimum atomic E-state index is -1.50. The van der Waals surface area contributed by atoms with Gasteiger partial charge < -0.3 is 10.4 Å². The van der Waals surface area contributed by atoms with E-state index in [0.717, 1.165) is 0 Å². The summed E-state index contributed by atoms with van der Waals surface area (Å²) in [4.78, 5) is 16.7. The van der Waals surface area contributed by atoms with Crippen molar-refractivity contribution < 1.29 is 48.1 Å². The SMILES string of the molecule is O=[N+]([O-])O.O=[N+]([O-])O.[O]=[Zr]. The normalized spacial score (nSPS) is 5.10. The van der Waals surface area contributed by atoms with Crippen molar-refractivity contribution in [2.45, 2.75) is 0 Å². The molecule has 0 aromatic heterocycles. The molecule has 58 valence electrons. The molecule has 0 aliphatic carbocycles. The van der Waals surface area contributed by atoms with Gasteiger partial charge in [0.1, 0.15) is 0 Å². The molecule has 0 unspecified atom stereocenters. The van der Waals surface area contributed by atoms with Gasteiger partial charge in [-0.25, -0.2) is 0 Å². The van der Waals surface area contributed by atoms with Crippen LogP contribution in [0, 0.1) is 20.2 Å². The van der Waals surface area contributed by atoms with Crippen LogP contribution >= 0.6 is 0 Å². The molecule has 0 amide bonds. The molecular formula is H2N2O7Zr. The Hall–Kier alpha value is -0.917. The van der Waals surface area contributed by atoms with Crippen LogP contribution in [0.4, 0.5) is 0 Å². The zero-order chi connectivity index (χ0) is 9.15. The van der Waals surface area contributed by atoms with E-state index in [1.807, 2.05) is 0 Å². The average Bonchev–Trinajstić information content (AvgIpc) is 1.66. The first-order chi connectivity index (χ1) is 4.46. The van der Waals surface area contributed by atoms with Crippen LogP contribution in [0.1, 0.15) is 0 Å². The van der Waals surface area contributed by atoms with E-state index in [-0.39, 0.29) is 0 Å². The molecule has 0 aromatic rings. The van der Waals surface area contributed by atoms with Crippen LogP contribution in [0.15, 0.2) is 0 Å². The van der Waals surface area contributed by atoms with E-state index in [1.54, 1.807) is 0 Å². The van der Waals surface area contributed by atoms with Crippen LogP contribution < -0.4 is 0 Å². The van der Waals surface area contributed by atoms with Crippen molar-refractivity contribution in [3.8, 4) is 0 Å². The Morgan fingerprint density at radius 1 is 1.00 bits per heavy atom. The quantitative estimate of drug-likeness (QED) is 0.411. The van der Waals surface area contributed by atoms with Crippen molar-refractivity contribution in [2.75, 3.05) is 0 Å². The zero-order valence-electron chi connectivity index (χ0n) is 4.33. The van der Waals surface area contributed by atoms with Crippen LogP contribution in [-0.4, -0.2) is 20.6 Å². The summed E-state index contributed by atoms with van der Waals surface area (Å²) in [6.07, 6.45) is 0. The van der Waals surface area contributed by atoms with E-state index in [2.05, 4.69) is 0 Å². The molecule has 0 atom stereocenters. The second-order valence-electron chi connectivity index (χ2n) is 0.476. The second kappa shape index (κ2) is 15.7. The van der Waals surface area contributed by atoms with Crippen molar-refractivity contribution in [1.29, 1.82) is 0 Å². The van der Waals surface area contributed by atoms with E-state index in [1.165, 1.54) is 0 Å². The van der Waals surface area contributed by atoms with Crippen molar-refractivity contribution in [1.82, 2.24) is 0 Å². The van der Waals surface area contributed by atoms with Crippen LogP contribution in [0.25, 0.3) is 0 Å². The van der Waals surface area contributed by atoms with Crippen LogP contribution in [0.3, 0.4) is 0 Å². The van der Waals surface area contributed by atoms with Gasteiger partial charge in [-0.2, -0.15) is 0 Å². The van der Waals surface area contributed by atoms with Gasteiger partial charge in [0.05, 0.1) is 0 Å². The van der Waals surface area contributed by atoms with E-state index in [0.29, 0.717) is 24.7 Å². The van der Waals surface area contributed by atoms with Gasteiger partial charge in [0.15, 0.2) is 0 Å². The van der Waals surface area contributed by atoms with Crippen LogP contribution in [-0.2, 0) is 27.5 Å². The Labute approximate surface area is 68.8 Å². The number of hydrogen-bond donors (Lipinski definition) is 2. The Morgan fingerprint density at radius 3 is 1.00 bits per heavy atom. The topological polar surface area (TPSA) is 144 Å². The molecule has 0 fully saturated rings. The first kappa shape index (κ1) is 16.0. The van der Waals surface area contributed by atoms with Gasteiger partial charge in [0.2, 0.25) is 0 Å². The molecule has 0 aromatic carbocycles. The van der Waals surface area contributed by atoms with Gasteiger partial charge in [0.25, 0.3) is 10.2 Å². The first-order valence-electron chi connectivity index (χ1n) is 1.33. The maximum absolute atomic E-state index is 8.36. The van der Waals surface area contributed by atoms with Gasteiger partial charge in [-0.3, -0.25) is 0 Å². The van der Waals surface area contributed by atoms with Gasteiger partial charge in [0, 0.05) is 0 Å². The van der Waals surface area contributed by atoms with Crippen molar-refractivity contribution in [2.24, 2.45) is 0 Å². The Balaban J connectivity index is -0.0000000787. The van der Waals surface area contributed by atoms with E-state index in [4.69, 9.17) is 33.5 Å². The van der Waals surface area contributed by atoms with Crippen molar-refractivity contribution in [3.05, 3.63) is 20.2 Å². The van der Waals surface area contributed by atoms with Gasteiger partial charge >= 0.3 is 27.5 Å². The molecule has 2 N–H and O–H groups in total. The summed E-state index contributed by atoms with van der Waals surface area (Å²) >= 11 is 0.300. The number of nitrogens with zero attached hydrogens (tertiary/aromatic N) is 2. The van der Waals surface area contributed by atoms with Gasteiger partial charge in [-0.15, -0.1) is 20.2 Å². The van der Waals surface area contributed by atoms with Crippen LogP contribution in [0.5, 0.6) is 0 Å². The molecule has 0 radical (unpaired) electrons. The van der Waals surface area contributed by atoms with E-state index < -0.39 is 10.2 Å². The maximum atomic E-state index is 8.36. The molecule has 0 aliphatic rings. The zero-order valence-corrected chi connectivity index (χ0v) is 6.79. The molecule has 0 aliphatic heterocycles. The fourth-order valence-corrected chi connectivity index (χ4v) is 0. The molecule has 0 saturated carbocycles. The standard InChI is InChI=1S/2HNO3.O.Zr/c2*2-1(3)4;;/h2*(H,2,3,4);;. The minimum absolute atomic E-state index is 0.300. The van der Waals surface area contributed by atoms with E-state index >= 15 is 0 Å². The van der Waals surface area contributed by atoms with E-state index in [9.17, 15) is 0 Å². The Morgan fingerprint density at radius 2 is 1.00 bits per heavy atom. The number of rotatable bonds is 0. The Bertz CT molecular complexity index is 79.8. The summed E-state index contributed by atoms with van der Waals surface area (Å²) in [5, 5.41) is 27.3. The fraction of sp³-hybridized carbons (Fsp3) is 0. The Kier molecular flexibility index (Phi) is 25.2. The third kappa shape index (κ3) is 312.